The number of anilines is 1. The Balaban J connectivity index is 1.69. The van der Waals surface area contributed by atoms with Gasteiger partial charge in [0.15, 0.2) is 5.13 Å². The second-order valence-electron chi connectivity index (χ2n) is 6.42. The molecule has 6 nitrogen and oxygen atoms in total. The fourth-order valence-electron chi connectivity index (χ4n) is 2.89. The summed E-state index contributed by atoms with van der Waals surface area (Å²) in [5.41, 5.74) is 1.34. The number of nitrogens with zero attached hydrogens (tertiary/aromatic N) is 1. The molecule has 2 N–H and O–H groups in total. The van der Waals surface area contributed by atoms with Gasteiger partial charge in [-0.15, -0.1) is 11.3 Å². The Bertz CT molecular complexity index is 801. The van der Waals surface area contributed by atoms with Crippen molar-refractivity contribution in [1.82, 2.24) is 10.3 Å². The molecule has 0 saturated carbocycles. The number of nitrogens with one attached hydrogen (secondary N) is 2. The smallest absolute Gasteiger partial charge is 0.257 e. The number of ether oxygens (including phenoxy) is 1. The molecule has 0 radical (unpaired) electrons. The van der Waals surface area contributed by atoms with Crippen molar-refractivity contribution >= 4 is 28.3 Å². The van der Waals surface area contributed by atoms with Crippen molar-refractivity contribution in [3.05, 3.63) is 40.4 Å². The summed E-state index contributed by atoms with van der Waals surface area (Å²) in [7, 11) is 1.58. The predicted octanol–water partition coefficient (Wildman–Crippen LogP) is 3.35. The summed E-state index contributed by atoms with van der Waals surface area (Å²) in [6.07, 6.45) is 2.50. The quantitative estimate of drug-likeness (QED) is 0.814. The summed E-state index contributed by atoms with van der Waals surface area (Å²) in [5, 5.41) is 6.40. The Morgan fingerprint density at radius 2 is 2.08 bits per heavy atom. The molecular formula is C19H23N3O3S. The van der Waals surface area contributed by atoms with Gasteiger partial charge in [-0.05, 0) is 50.5 Å². The lowest BCUT2D eigenvalue weighted by Crippen LogP contribution is -2.35. The molecule has 1 aliphatic rings. The first-order valence-corrected chi connectivity index (χ1v) is 9.58. The maximum Gasteiger partial charge on any atom is 0.257 e. The maximum atomic E-state index is 12.4. The van der Waals surface area contributed by atoms with Crippen LogP contribution in [0.3, 0.4) is 0 Å². The zero-order valence-corrected chi connectivity index (χ0v) is 16.0. The van der Waals surface area contributed by atoms with Gasteiger partial charge in [0.25, 0.3) is 5.91 Å². The minimum atomic E-state index is -0.222. The fourth-order valence-corrected chi connectivity index (χ4v) is 3.93. The maximum absolute atomic E-state index is 12.4. The van der Waals surface area contributed by atoms with E-state index in [2.05, 4.69) is 15.6 Å². The summed E-state index contributed by atoms with van der Waals surface area (Å²) >= 11 is 1.45. The molecule has 0 fully saturated rings. The van der Waals surface area contributed by atoms with E-state index in [1.165, 1.54) is 11.3 Å². The molecule has 2 atom stereocenters. The molecule has 1 aromatic heterocycles. The number of aromatic nitrogens is 1. The summed E-state index contributed by atoms with van der Waals surface area (Å²) in [5.74, 6) is 0.281. The zero-order chi connectivity index (χ0) is 18.7. The van der Waals surface area contributed by atoms with E-state index in [1.54, 1.807) is 31.4 Å². The lowest BCUT2D eigenvalue weighted by atomic mass is 10.1. The van der Waals surface area contributed by atoms with Crippen LogP contribution in [0.4, 0.5) is 5.13 Å². The predicted molar refractivity (Wildman–Crippen MR) is 102 cm³/mol. The fraction of sp³-hybridized carbons (Fsp3) is 0.421. The number of carbonyl (C=O) groups excluding carboxylic acids is 2. The number of aryl methyl sites for hydroxylation is 1. The molecule has 0 aliphatic heterocycles. The van der Waals surface area contributed by atoms with Crippen molar-refractivity contribution in [2.45, 2.75) is 45.1 Å². The summed E-state index contributed by atoms with van der Waals surface area (Å²) in [6.45, 7) is 4.04. The van der Waals surface area contributed by atoms with Crippen LogP contribution in [0.1, 0.15) is 53.5 Å². The number of amides is 2. The minimum Gasteiger partial charge on any atom is -0.497 e. The van der Waals surface area contributed by atoms with Crippen LogP contribution in [-0.4, -0.2) is 29.9 Å². The topological polar surface area (TPSA) is 80.3 Å². The molecule has 138 valence electrons. The van der Waals surface area contributed by atoms with Crippen LogP contribution >= 0.6 is 11.3 Å². The molecule has 1 aromatic carbocycles. The van der Waals surface area contributed by atoms with Gasteiger partial charge < -0.3 is 10.1 Å². The first-order chi connectivity index (χ1) is 12.5. The van der Waals surface area contributed by atoms with Crippen molar-refractivity contribution in [1.29, 1.82) is 0 Å². The average molecular weight is 373 g/mol. The monoisotopic (exact) mass is 373 g/mol. The van der Waals surface area contributed by atoms with E-state index in [0.717, 1.165) is 29.8 Å². The third-order valence-electron chi connectivity index (χ3n) is 4.61. The number of methoxy groups -OCH3 is 1. The van der Waals surface area contributed by atoms with E-state index < -0.39 is 0 Å². The first-order valence-electron chi connectivity index (χ1n) is 8.77. The molecule has 3 rings (SSSR count). The van der Waals surface area contributed by atoms with Gasteiger partial charge in [-0.2, -0.15) is 0 Å². The highest BCUT2D eigenvalue weighted by Crippen LogP contribution is 2.38. The number of benzene rings is 1. The van der Waals surface area contributed by atoms with E-state index >= 15 is 0 Å². The molecule has 1 heterocycles. The number of hydrogen-bond acceptors (Lipinski definition) is 5. The molecule has 26 heavy (non-hydrogen) atoms. The standard InChI is InChI=1S/C19H23N3O3S/c1-4-11(2)20-18(24)14-9-10-15-16(14)21-19(26-15)22-17(23)12-5-7-13(25-3)8-6-12/h5-8,11,14H,4,9-10H2,1-3H3,(H,20,24)(H,21,22,23). The Morgan fingerprint density at radius 3 is 2.73 bits per heavy atom. The van der Waals surface area contributed by atoms with Gasteiger partial charge in [0, 0.05) is 16.5 Å². The van der Waals surface area contributed by atoms with Crippen molar-refractivity contribution in [3.63, 3.8) is 0 Å². The van der Waals surface area contributed by atoms with E-state index in [4.69, 9.17) is 4.74 Å². The summed E-state index contributed by atoms with van der Waals surface area (Å²) < 4.78 is 5.10. The third kappa shape index (κ3) is 3.88. The molecule has 0 spiro atoms. The number of hydrogen-bond donors (Lipinski definition) is 2. The van der Waals surface area contributed by atoms with E-state index in [0.29, 0.717) is 16.4 Å². The van der Waals surface area contributed by atoms with Gasteiger partial charge in [0.05, 0.1) is 18.7 Å². The molecule has 0 bridgehead atoms. The van der Waals surface area contributed by atoms with Crippen molar-refractivity contribution in [3.8, 4) is 5.75 Å². The van der Waals surface area contributed by atoms with Crippen molar-refractivity contribution in [2.24, 2.45) is 0 Å². The summed E-state index contributed by atoms with van der Waals surface area (Å²) in [6, 6.07) is 7.05. The largest absolute Gasteiger partial charge is 0.497 e. The first kappa shape index (κ1) is 18.4. The number of thiazole rings is 1. The SMILES string of the molecule is CCC(C)NC(=O)C1CCc2sc(NC(=O)c3ccc(OC)cc3)nc21. The number of carbonyl (C=O) groups is 2. The normalized spacial score (nSPS) is 16.7. The highest BCUT2D eigenvalue weighted by molar-refractivity contribution is 7.16. The lowest BCUT2D eigenvalue weighted by Gasteiger charge is -2.15. The Hall–Kier alpha value is -2.41. The van der Waals surface area contributed by atoms with Gasteiger partial charge in [0.1, 0.15) is 5.75 Å². The van der Waals surface area contributed by atoms with Crippen molar-refractivity contribution in [2.75, 3.05) is 12.4 Å². The number of fused-ring (bicyclic) bond motifs is 1. The van der Waals surface area contributed by atoms with Gasteiger partial charge in [0.2, 0.25) is 5.91 Å². The molecule has 7 heteroatoms. The second kappa shape index (κ2) is 7.86. The lowest BCUT2D eigenvalue weighted by molar-refractivity contribution is -0.123. The molecule has 0 saturated heterocycles. The van der Waals surface area contributed by atoms with E-state index in [1.807, 2.05) is 13.8 Å². The van der Waals surface area contributed by atoms with Crippen LogP contribution < -0.4 is 15.4 Å². The van der Waals surface area contributed by atoms with E-state index in [9.17, 15) is 9.59 Å². The Morgan fingerprint density at radius 1 is 1.35 bits per heavy atom. The van der Waals surface area contributed by atoms with Crippen LogP contribution in [-0.2, 0) is 11.2 Å². The van der Waals surface area contributed by atoms with Crippen LogP contribution in [0.15, 0.2) is 24.3 Å². The molecule has 2 aromatic rings. The van der Waals surface area contributed by atoms with Gasteiger partial charge in [-0.25, -0.2) is 4.98 Å². The summed E-state index contributed by atoms with van der Waals surface area (Å²) in [4.78, 5) is 30.4. The Labute approximate surface area is 157 Å². The van der Waals surface area contributed by atoms with E-state index in [-0.39, 0.29) is 23.8 Å². The molecule has 2 amide bonds. The van der Waals surface area contributed by atoms with Crippen LogP contribution in [0, 0.1) is 0 Å². The molecule has 2 unspecified atom stereocenters. The number of rotatable bonds is 6. The molecular weight excluding hydrogens is 350 g/mol. The van der Waals surface area contributed by atoms with Gasteiger partial charge in [-0.3, -0.25) is 14.9 Å². The van der Waals surface area contributed by atoms with Crippen LogP contribution in [0.5, 0.6) is 5.75 Å². The van der Waals surface area contributed by atoms with Gasteiger partial charge in [-0.1, -0.05) is 6.92 Å². The van der Waals surface area contributed by atoms with Crippen LogP contribution in [0.2, 0.25) is 0 Å². The second-order valence-corrected chi connectivity index (χ2v) is 7.50. The minimum absolute atomic E-state index is 0.0245. The van der Waals surface area contributed by atoms with Crippen molar-refractivity contribution < 1.29 is 14.3 Å². The zero-order valence-electron chi connectivity index (χ0n) is 15.2. The highest BCUT2D eigenvalue weighted by atomic mass is 32.1. The Kier molecular flexibility index (Phi) is 5.56. The van der Waals surface area contributed by atoms with Crippen LogP contribution in [0.25, 0.3) is 0 Å². The average Bonchev–Trinajstić information content (AvgIpc) is 3.21. The van der Waals surface area contributed by atoms with Gasteiger partial charge >= 0.3 is 0 Å². The third-order valence-corrected chi connectivity index (χ3v) is 5.65. The molecule has 1 aliphatic carbocycles. The highest BCUT2D eigenvalue weighted by Gasteiger charge is 2.33.